The van der Waals surface area contributed by atoms with Crippen molar-refractivity contribution < 1.29 is 14.3 Å². The van der Waals surface area contributed by atoms with Gasteiger partial charge in [-0.15, -0.1) is 0 Å². The maximum Gasteiger partial charge on any atom is 0.251 e. The molecule has 4 heterocycles. The summed E-state index contributed by atoms with van der Waals surface area (Å²) in [5, 5.41) is 13.4. The SMILES string of the molecule is COc1cnccc1-c1ccc2cnc(CNC(=O)c3ccc4c(c3)[C@](C)(C#N)COC4)cc2n1. The summed E-state index contributed by atoms with van der Waals surface area (Å²) in [4.78, 5) is 26.2. The van der Waals surface area contributed by atoms with Gasteiger partial charge in [-0.05, 0) is 54.4 Å². The molecule has 35 heavy (non-hydrogen) atoms. The Morgan fingerprint density at radius 2 is 2.11 bits per heavy atom. The zero-order valence-corrected chi connectivity index (χ0v) is 19.4. The Hall–Kier alpha value is -4.35. The van der Waals surface area contributed by atoms with Crippen LogP contribution in [-0.2, 0) is 23.3 Å². The third-order valence-corrected chi connectivity index (χ3v) is 6.20. The van der Waals surface area contributed by atoms with Gasteiger partial charge >= 0.3 is 0 Å². The lowest BCUT2D eigenvalue weighted by atomic mass is 9.79. The van der Waals surface area contributed by atoms with Gasteiger partial charge in [0, 0.05) is 28.9 Å². The van der Waals surface area contributed by atoms with E-state index in [0.29, 0.717) is 30.2 Å². The average Bonchev–Trinajstić information content (AvgIpc) is 2.91. The Labute approximate surface area is 202 Å². The van der Waals surface area contributed by atoms with Gasteiger partial charge in [0.05, 0.1) is 56.0 Å². The van der Waals surface area contributed by atoms with Crippen molar-refractivity contribution in [1.29, 1.82) is 5.26 Å². The van der Waals surface area contributed by atoms with Gasteiger partial charge in [0.25, 0.3) is 5.91 Å². The molecule has 8 nitrogen and oxygen atoms in total. The normalized spacial score (nSPS) is 16.8. The van der Waals surface area contributed by atoms with E-state index in [1.807, 2.05) is 37.3 Å². The summed E-state index contributed by atoms with van der Waals surface area (Å²) in [5.74, 6) is 0.412. The smallest absolute Gasteiger partial charge is 0.251 e. The minimum atomic E-state index is -0.773. The first kappa shape index (κ1) is 22.4. The Bertz CT molecular complexity index is 1480. The van der Waals surface area contributed by atoms with Crippen LogP contribution in [0.15, 0.2) is 61.1 Å². The zero-order chi connectivity index (χ0) is 24.4. The number of nitriles is 1. The second-order valence-electron chi connectivity index (χ2n) is 8.63. The van der Waals surface area contributed by atoms with Crippen LogP contribution in [0.3, 0.4) is 0 Å². The number of ether oxygens (including phenoxy) is 2. The van der Waals surface area contributed by atoms with Gasteiger partial charge in [0.1, 0.15) is 11.2 Å². The van der Waals surface area contributed by atoms with Crippen LogP contribution in [0.2, 0.25) is 0 Å². The van der Waals surface area contributed by atoms with Crippen LogP contribution in [0, 0.1) is 11.3 Å². The highest BCUT2D eigenvalue weighted by Crippen LogP contribution is 2.32. The number of rotatable bonds is 5. The number of carbonyl (C=O) groups is 1. The molecule has 0 saturated carbocycles. The van der Waals surface area contributed by atoms with E-state index in [4.69, 9.17) is 14.5 Å². The molecule has 1 amide bonds. The molecule has 0 unspecified atom stereocenters. The van der Waals surface area contributed by atoms with Gasteiger partial charge in [-0.3, -0.25) is 14.8 Å². The number of pyridine rings is 3. The number of fused-ring (bicyclic) bond motifs is 2. The highest BCUT2D eigenvalue weighted by molar-refractivity contribution is 5.94. The van der Waals surface area contributed by atoms with Gasteiger partial charge in [-0.25, -0.2) is 4.98 Å². The Balaban J connectivity index is 1.36. The van der Waals surface area contributed by atoms with E-state index in [1.165, 1.54) is 0 Å². The Kier molecular flexibility index (Phi) is 5.85. The van der Waals surface area contributed by atoms with Crippen molar-refractivity contribution in [3.63, 3.8) is 0 Å². The fraction of sp³-hybridized carbons (Fsp3) is 0.222. The molecule has 1 aliphatic rings. The first-order chi connectivity index (χ1) is 17.0. The molecule has 0 fully saturated rings. The molecule has 1 aliphatic heterocycles. The molecule has 1 atom stereocenters. The molecule has 5 rings (SSSR count). The van der Waals surface area contributed by atoms with Crippen molar-refractivity contribution in [3.05, 3.63) is 83.4 Å². The number of hydrogen-bond donors (Lipinski definition) is 1. The van der Waals surface area contributed by atoms with Crippen LogP contribution in [-0.4, -0.2) is 34.6 Å². The number of benzene rings is 1. The molecule has 0 bridgehead atoms. The molecule has 8 heteroatoms. The van der Waals surface area contributed by atoms with Crippen molar-refractivity contribution >= 4 is 16.8 Å². The van der Waals surface area contributed by atoms with Crippen LogP contribution < -0.4 is 10.1 Å². The van der Waals surface area contributed by atoms with Crippen molar-refractivity contribution in [2.24, 2.45) is 0 Å². The second-order valence-corrected chi connectivity index (χ2v) is 8.63. The highest BCUT2D eigenvalue weighted by atomic mass is 16.5. The Morgan fingerprint density at radius 3 is 2.94 bits per heavy atom. The summed E-state index contributed by atoms with van der Waals surface area (Å²) in [6, 6.07) is 15.3. The van der Waals surface area contributed by atoms with E-state index in [1.54, 1.807) is 37.8 Å². The fourth-order valence-electron chi connectivity index (χ4n) is 4.22. The predicted octanol–water partition coefficient (Wildman–Crippen LogP) is 3.94. The lowest BCUT2D eigenvalue weighted by molar-refractivity contribution is 0.0757. The quantitative estimate of drug-likeness (QED) is 0.475. The highest BCUT2D eigenvalue weighted by Gasteiger charge is 2.33. The molecule has 0 radical (unpaired) electrons. The minimum Gasteiger partial charge on any atom is -0.494 e. The van der Waals surface area contributed by atoms with Crippen LogP contribution in [0.1, 0.15) is 34.1 Å². The van der Waals surface area contributed by atoms with Gasteiger partial charge in [0.15, 0.2) is 0 Å². The summed E-state index contributed by atoms with van der Waals surface area (Å²) in [5.41, 5.74) is 4.55. The number of carbonyl (C=O) groups excluding carboxylic acids is 1. The third-order valence-electron chi connectivity index (χ3n) is 6.20. The summed E-state index contributed by atoms with van der Waals surface area (Å²) < 4.78 is 11.0. The first-order valence-electron chi connectivity index (χ1n) is 11.2. The number of nitrogens with one attached hydrogen (secondary N) is 1. The van der Waals surface area contributed by atoms with E-state index in [0.717, 1.165) is 33.3 Å². The summed E-state index contributed by atoms with van der Waals surface area (Å²) in [6.45, 7) is 2.82. The predicted molar refractivity (Wildman–Crippen MR) is 130 cm³/mol. The molecule has 0 spiro atoms. The van der Waals surface area contributed by atoms with Crippen LogP contribution in [0.4, 0.5) is 0 Å². The standard InChI is InChI=1S/C27H23N5O3/c1-27(15-28)16-35-14-19-4-3-17(9-22(19)27)26(33)31-12-20-10-24-18(11-30-20)5-6-23(32-24)21-7-8-29-13-25(21)34-2/h3-11,13H,12,14,16H2,1-2H3,(H,31,33)/t27-/m1/s1. The molecule has 174 valence electrons. The van der Waals surface area contributed by atoms with Crippen LogP contribution >= 0.6 is 0 Å². The summed E-state index contributed by atoms with van der Waals surface area (Å²) in [6.07, 6.45) is 5.10. The molecule has 1 aromatic carbocycles. The summed E-state index contributed by atoms with van der Waals surface area (Å²) >= 11 is 0. The maximum absolute atomic E-state index is 12.9. The molecule has 4 aromatic rings. The lowest BCUT2D eigenvalue weighted by Crippen LogP contribution is -2.33. The second kappa shape index (κ2) is 9.12. The van der Waals surface area contributed by atoms with Crippen molar-refractivity contribution in [3.8, 4) is 23.1 Å². The molecule has 3 aromatic heterocycles. The largest absolute Gasteiger partial charge is 0.494 e. The van der Waals surface area contributed by atoms with Gasteiger partial charge in [-0.1, -0.05) is 6.07 Å². The molecular weight excluding hydrogens is 442 g/mol. The number of nitrogens with zero attached hydrogens (tertiary/aromatic N) is 4. The minimum absolute atomic E-state index is 0.232. The number of amides is 1. The van der Waals surface area contributed by atoms with Crippen LogP contribution in [0.5, 0.6) is 5.75 Å². The first-order valence-corrected chi connectivity index (χ1v) is 11.2. The lowest BCUT2D eigenvalue weighted by Gasteiger charge is -2.30. The Morgan fingerprint density at radius 1 is 1.23 bits per heavy atom. The molecule has 0 saturated heterocycles. The number of aromatic nitrogens is 3. The zero-order valence-electron chi connectivity index (χ0n) is 19.4. The van der Waals surface area contributed by atoms with E-state index in [2.05, 4.69) is 21.4 Å². The van der Waals surface area contributed by atoms with E-state index < -0.39 is 5.41 Å². The van der Waals surface area contributed by atoms with Crippen molar-refractivity contribution in [2.45, 2.75) is 25.5 Å². The third kappa shape index (κ3) is 4.29. The maximum atomic E-state index is 12.9. The number of methoxy groups -OCH3 is 1. The van der Waals surface area contributed by atoms with E-state index in [9.17, 15) is 10.1 Å². The summed E-state index contributed by atoms with van der Waals surface area (Å²) in [7, 11) is 1.60. The molecular formula is C27H23N5O3. The fourth-order valence-corrected chi connectivity index (χ4v) is 4.22. The van der Waals surface area contributed by atoms with Crippen LogP contribution in [0.25, 0.3) is 22.2 Å². The molecule has 1 N–H and O–H groups in total. The topological polar surface area (TPSA) is 110 Å². The van der Waals surface area contributed by atoms with Gasteiger partial charge in [-0.2, -0.15) is 5.26 Å². The van der Waals surface area contributed by atoms with Crippen molar-refractivity contribution in [2.75, 3.05) is 13.7 Å². The number of hydrogen-bond acceptors (Lipinski definition) is 7. The van der Waals surface area contributed by atoms with E-state index >= 15 is 0 Å². The van der Waals surface area contributed by atoms with E-state index in [-0.39, 0.29) is 12.5 Å². The monoisotopic (exact) mass is 465 g/mol. The van der Waals surface area contributed by atoms with Gasteiger partial charge in [0.2, 0.25) is 0 Å². The van der Waals surface area contributed by atoms with Crippen molar-refractivity contribution in [1.82, 2.24) is 20.3 Å². The van der Waals surface area contributed by atoms with Gasteiger partial charge < -0.3 is 14.8 Å². The average molecular weight is 466 g/mol. The molecule has 0 aliphatic carbocycles.